The lowest BCUT2D eigenvalue weighted by atomic mass is 10.1. The van der Waals surface area contributed by atoms with E-state index in [1.54, 1.807) is 13.0 Å². The van der Waals surface area contributed by atoms with Gasteiger partial charge >= 0.3 is 17.8 Å². The molecule has 0 spiro atoms. The highest BCUT2D eigenvalue weighted by molar-refractivity contribution is 5.89. The summed E-state index contributed by atoms with van der Waals surface area (Å²) in [6, 6.07) is 5.30. The number of halogens is 3. The molecule has 0 aliphatic carbocycles. The lowest BCUT2D eigenvalue weighted by molar-refractivity contribution is -0.137. The molecular weight excluding hydrogens is 369 g/mol. The number of carbonyl (C=O) groups is 1. The summed E-state index contributed by atoms with van der Waals surface area (Å²) in [6.45, 7) is 1.47. The molecule has 2 aromatic rings. The van der Waals surface area contributed by atoms with Gasteiger partial charge in [0.25, 0.3) is 0 Å². The van der Waals surface area contributed by atoms with Gasteiger partial charge in [-0.25, -0.2) is 9.59 Å². The Labute approximate surface area is 151 Å². The second kappa shape index (κ2) is 7.49. The molecule has 1 aliphatic heterocycles. The van der Waals surface area contributed by atoms with Crippen LogP contribution in [-0.4, -0.2) is 35.0 Å². The standard InChI is InChI=1S/C17H15F3N2O5/c1-10-6-7-22(16(24)21-10)13-8-25-14(27-13)9-26-15(23)11-2-4-12(5-3-11)17(18,19)20/h2-7,13-14H,8-9H2,1H3/t13-,14-/m0/s1. The maximum Gasteiger partial charge on any atom is 0.416 e. The molecule has 7 nitrogen and oxygen atoms in total. The van der Waals surface area contributed by atoms with Crippen LogP contribution in [0.3, 0.4) is 0 Å². The number of alkyl halides is 3. The molecule has 0 saturated carbocycles. The van der Waals surface area contributed by atoms with Crippen LogP contribution in [-0.2, 0) is 20.4 Å². The van der Waals surface area contributed by atoms with Crippen LogP contribution < -0.4 is 5.69 Å². The maximum atomic E-state index is 12.5. The van der Waals surface area contributed by atoms with Gasteiger partial charge in [0.2, 0.25) is 0 Å². The van der Waals surface area contributed by atoms with Crippen LogP contribution in [0, 0.1) is 6.92 Å². The summed E-state index contributed by atoms with van der Waals surface area (Å²) in [4.78, 5) is 27.5. The molecule has 0 N–H and O–H groups in total. The fourth-order valence-corrected chi connectivity index (χ4v) is 2.42. The van der Waals surface area contributed by atoms with Crippen molar-refractivity contribution in [3.05, 3.63) is 63.8 Å². The number of benzene rings is 1. The summed E-state index contributed by atoms with van der Waals surface area (Å²) in [6.07, 6.45) is -4.57. The lowest BCUT2D eigenvalue weighted by Gasteiger charge is -2.13. The predicted molar refractivity (Wildman–Crippen MR) is 84.8 cm³/mol. The highest BCUT2D eigenvalue weighted by Gasteiger charge is 2.31. The fraction of sp³-hybridized carbons (Fsp3) is 0.353. The zero-order valence-electron chi connectivity index (χ0n) is 14.1. The maximum absolute atomic E-state index is 12.5. The number of ether oxygens (including phenoxy) is 3. The summed E-state index contributed by atoms with van der Waals surface area (Å²) >= 11 is 0. The Kier molecular flexibility index (Phi) is 5.29. The molecular formula is C17H15F3N2O5. The minimum atomic E-state index is -4.48. The van der Waals surface area contributed by atoms with E-state index < -0.39 is 35.9 Å². The zero-order chi connectivity index (χ0) is 19.6. The van der Waals surface area contributed by atoms with Gasteiger partial charge in [-0.2, -0.15) is 18.2 Å². The van der Waals surface area contributed by atoms with Crippen molar-refractivity contribution in [1.82, 2.24) is 9.55 Å². The molecule has 0 unspecified atom stereocenters. The smallest absolute Gasteiger partial charge is 0.416 e. The first-order valence-corrected chi connectivity index (χ1v) is 7.91. The molecule has 3 rings (SSSR count). The Balaban J connectivity index is 1.55. The molecule has 10 heteroatoms. The first kappa shape index (κ1) is 19.1. The van der Waals surface area contributed by atoms with Gasteiger partial charge in [0.1, 0.15) is 6.61 Å². The molecule has 1 aromatic heterocycles. The first-order chi connectivity index (χ1) is 12.7. The summed E-state index contributed by atoms with van der Waals surface area (Å²) in [5, 5.41) is 0. The number of aromatic nitrogens is 2. The first-order valence-electron chi connectivity index (χ1n) is 7.91. The van der Waals surface area contributed by atoms with E-state index in [1.165, 1.54) is 10.8 Å². The summed E-state index contributed by atoms with van der Waals surface area (Å²) in [5.41, 5.74) is -0.818. The van der Waals surface area contributed by atoms with Crippen LogP contribution in [0.2, 0.25) is 0 Å². The minimum absolute atomic E-state index is 0.0310. The largest absolute Gasteiger partial charge is 0.457 e. The Morgan fingerprint density at radius 2 is 2.00 bits per heavy atom. The predicted octanol–water partition coefficient (Wildman–Crippen LogP) is 2.30. The number of esters is 1. The molecule has 0 radical (unpaired) electrons. The minimum Gasteiger partial charge on any atom is -0.457 e. The van der Waals surface area contributed by atoms with Crippen molar-refractivity contribution < 1.29 is 32.2 Å². The van der Waals surface area contributed by atoms with Crippen molar-refractivity contribution in [3.63, 3.8) is 0 Å². The third-order valence-electron chi connectivity index (χ3n) is 3.81. The van der Waals surface area contributed by atoms with E-state index in [4.69, 9.17) is 14.2 Å². The van der Waals surface area contributed by atoms with E-state index in [-0.39, 0.29) is 18.8 Å². The SMILES string of the molecule is Cc1ccn([C@@H]2CO[C@H](COC(=O)c3ccc(C(F)(F)F)cc3)O2)c(=O)n1. The van der Waals surface area contributed by atoms with Crippen molar-refractivity contribution in [2.24, 2.45) is 0 Å². The number of hydrogen-bond acceptors (Lipinski definition) is 6. The molecule has 1 aliphatic rings. The van der Waals surface area contributed by atoms with Gasteiger partial charge < -0.3 is 14.2 Å². The van der Waals surface area contributed by atoms with Crippen LogP contribution in [0.4, 0.5) is 13.2 Å². The Morgan fingerprint density at radius 3 is 2.63 bits per heavy atom. The average molecular weight is 384 g/mol. The molecule has 27 heavy (non-hydrogen) atoms. The number of aryl methyl sites for hydroxylation is 1. The van der Waals surface area contributed by atoms with Crippen molar-refractivity contribution in [1.29, 1.82) is 0 Å². The molecule has 1 saturated heterocycles. The molecule has 1 aromatic carbocycles. The number of nitrogens with zero attached hydrogens (tertiary/aromatic N) is 2. The third-order valence-corrected chi connectivity index (χ3v) is 3.81. The van der Waals surface area contributed by atoms with Crippen LogP contribution in [0.5, 0.6) is 0 Å². The highest BCUT2D eigenvalue weighted by Crippen LogP contribution is 2.29. The van der Waals surface area contributed by atoms with E-state index in [1.807, 2.05) is 0 Å². The molecule has 144 valence electrons. The van der Waals surface area contributed by atoms with Crippen LogP contribution >= 0.6 is 0 Å². The molecule has 2 atom stereocenters. The molecule has 2 heterocycles. The van der Waals surface area contributed by atoms with Gasteiger partial charge in [0, 0.05) is 11.9 Å². The second-order valence-corrected chi connectivity index (χ2v) is 5.79. The van der Waals surface area contributed by atoms with E-state index in [9.17, 15) is 22.8 Å². The van der Waals surface area contributed by atoms with Crippen molar-refractivity contribution in [3.8, 4) is 0 Å². The monoisotopic (exact) mass is 384 g/mol. The summed E-state index contributed by atoms with van der Waals surface area (Å²) in [7, 11) is 0. The van der Waals surface area contributed by atoms with E-state index in [2.05, 4.69) is 4.98 Å². The van der Waals surface area contributed by atoms with Crippen molar-refractivity contribution >= 4 is 5.97 Å². The number of hydrogen-bond donors (Lipinski definition) is 0. The summed E-state index contributed by atoms with van der Waals surface area (Å²) in [5.74, 6) is -0.812. The van der Waals surface area contributed by atoms with Crippen molar-refractivity contribution in [2.45, 2.75) is 25.6 Å². The molecule has 0 bridgehead atoms. The normalized spacial score (nSPS) is 19.9. The topological polar surface area (TPSA) is 79.6 Å². The van der Waals surface area contributed by atoms with E-state index >= 15 is 0 Å². The van der Waals surface area contributed by atoms with E-state index in [0.717, 1.165) is 24.3 Å². The van der Waals surface area contributed by atoms with Gasteiger partial charge in [0.15, 0.2) is 12.5 Å². The van der Waals surface area contributed by atoms with Gasteiger partial charge in [-0.3, -0.25) is 4.57 Å². The average Bonchev–Trinajstić information content (AvgIpc) is 3.07. The second-order valence-electron chi connectivity index (χ2n) is 5.79. The third kappa shape index (κ3) is 4.52. The van der Waals surface area contributed by atoms with Gasteiger partial charge in [-0.05, 0) is 37.3 Å². The van der Waals surface area contributed by atoms with Gasteiger partial charge in [-0.15, -0.1) is 0 Å². The number of carbonyl (C=O) groups excluding carboxylic acids is 1. The lowest BCUT2D eigenvalue weighted by Crippen LogP contribution is -2.28. The van der Waals surface area contributed by atoms with E-state index in [0.29, 0.717) is 5.69 Å². The van der Waals surface area contributed by atoms with Crippen LogP contribution in [0.1, 0.15) is 27.8 Å². The number of rotatable bonds is 4. The van der Waals surface area contributed by atoms with Crippen LogP contribution in [0.15, 0.2) is 41.3 Å². The Morgan fingerprint density at radius 1 is 1.30 bits per heavy atom. The van der Waals surface area contributed by atoms with Gasteiger partial charge in [-0.1, -0.05) is 0 Å². The zero-order valence-corrected chi connectivity index (χ0v) is 14.1. The Hall–Kier alpha value is -2.72. The van der Waals surface area contributed by atoms with Crippen LogP contribution in [0.25, 0.3) is 0 Å². The molecule has 1 fully saturated rings. The summed E-state index contributed by atoms with van der Waals surface area (Å²) < 4.78 is 54.6. The molecule has 0 amide bonds. The quantitative estimate of drug-likeness (QED) is 0.753. The fourth-order valence-electron chi connectivity index (χ4n) is 2.42. The van der Waals surface area contributed by atoms with Gasteiger partial charge in [0.05, 0.1) is 17.7 Å². The highest BCUT2D eigenvalue weighted by atomic mass is 19.4. The van der Waals surface area contributed by atoms with Crippen molar-refractivity contribution in [2.75, 3.05) is 13.2 Å². The Bertz CT molecular complexity index is 879.